The van der Waals surface area contributed by atoms with Crippen LogP contribution in [0.25, 0.3) is 16.7 Å². The zero-order chi connectivity index (χ0) is 24.5. The molecule has 0 radical (unpaired) electrons. The first-order chi connectivity index (χ1) is 16.1. The molecule has 1 amide bonds. The van der Waals surface area contributed by atoms with Crippen LogP contribution in [0.5, 0.6) is 5.75 Å². The summed E-state index contributed by atoms with van der Waals surface area (Å²) in [5.74, 6) is -3.92. The van der Waals surface area contributed by atoms with E-state index < -0.39 is 24.0 Å². The van der Waals surface area contributed by atoms with Gasteiger partial charge in [-0.1, -0.05) is 49.4 Å². The highest BCUT2D eigenvalue weighted by molar-refractivity contribution is 5.83. The number of carbonyl (C=O) groups excluding carboxylic acids is 1. The first-order valence-corrected chi connectivity index (χ1v) is 10.9. The quantitative estimate of drug-likeness (QED) is 0.421. The molecule has 34 heavy (non-hydrogen) atoms. The van der Waals surface area contributed by atoms with Crippen molar-refractivity contribution in [1.82, 2.24) is 30.1 Å². The van der Waals surface area contributed by atoms with Crippen molar-refractivity contribution in [3.8, 4) is 11.6 Å². The van der Waals surface area contributed by atoms with E-state index in [-0.39, 0.29) is 5.92 Å². The number of benzene rings is 2. The minimum atomic E-state index is -3.50. The number of amides is 1. The van der Waals surface area contributed by atoms with Gasteiger partial charge in [-0.25, -0.2) is 4.68 Å². The molecule has 178 valence electrons. The van der Waals surface area contributed by atoms with Gasteiger partial charge < -0.3 is 10.1 Å². The summed E-state index contributed by atoms with van der Waals surface area (Å²) in [7, 11) is 1.77. The number of hydrogen-bond donors (Lipinski definition) is 1. The second-order valence-electron chi connectivity index (χ2n) is 8.61. The zero-order valence-corrected chi connectivity index (χ0v) is 19.3. The number of ether oxygens (including phenoxy) is 1. The van der Waals surface area contributed by atoms with Gasteiger partial charge in [-0.3, -0.25) is 9.48 Å². The fourth-order valence-corrected chi connectivity index (χ4v) is 3.71. The van der Waals surface area contributed by atoms with Gasteiger partial charge in [0.05, 0.1) is 24.0 Å². The molecule has 0 saturated heterocycles. The Kier molecular flexibility index (Phi) is 6.32. The molecular weight excluding hydrogens is 442 g/mol. The van der Waals surface area contributed by atoms with Crippen molar-refractivity contribution in [3.05, 3.63) is 66.5 Å². The van der Waals surface area contributed by atoms with Gasteiger partial charge in [0.1, 0.15) is 11.9 Å². The van der Waals surface area contributed by atoms with Gasteiger partial charge in [-0.2, -0.15) is 13.9 Å². The third kappa shape index (κ3) is 4.90. The SMILES string of the molecule is CC(C)[C@H](NC(=O)C(C)(F)F)[C@H](Oc1ccc2c(cnn2-c2cn(C)nn2)c1)c1ccccc1. The van der Waals surface area contributed by atoms with E-state index >= 15 is 0 Å². The number of alkyl halides is 2. The van der Waals surface area contributed by atoms with Crippen molar-refractivity contribution in [2.75, 3.05) is 0 Å². The molecule has 2 aromatic heterocycles. The number of fused-ring (bicyclic) bond motifs is 1. The van der Waals surface area contributed by atoms with Gasteiger partial charge in [-0.15, -0.1) is 5.10 Å². The standard InChI is InChI=1S/C24H26F2N6O2/c1-15(2)21(28-23(33)24(3,25)26)22(16-8-6-5-7-9-16)34-18-10-11-19-17(12-18)13-27-32(19)20-14-31(4)30-29-20/h5-15,21-22H,1-4H3,(H,28,33)/t21-,22+/m0/s1. The summed E-state index contributed by atoms with van der Waals surface area (Å²) in [6.45, 7) is 4.29. The van der Waals surface area contributed by atoms with Crippen LogP contribution >= 0.6 is 0 Å². The molecule has 0 saturated carbocycles. The van der Waals surface area contributed by atoms with E-state index in [2.05, 4.69) is 20.7 Å². The van der Waals surface area contributed by atoms with Crippen molar-refractivity contribution in [2.24, 2.45) is 13.0 Å². The first kappa shape index (κ1) is 23.3. The second kappa shape index (κ2) is 9.20. The molecule has 1 N–H and O–H groups in total. The van der Waals surface area contributed by atoms with Gasteiger partial charge in [0.15, 0.2) is 5.82 Å². The van der Waals surface area contributed by atoms with E-state index in [1.165, 1.54) is 0 Å². The number of halogens is 2. The maximum atomic E-state index is 13.7. The van der Waals surface area contributed by atoms with E-state index in [9.17, 15) is 13.6 Å². The Labute approximate surface area is 195 Å². The van der Waals surface area contributed by atoms with Crippen molar-refractivity contribution in [3.63, 3.8) is 0 Å². The third-order valence-electron chi connectivity index (χ3n) is 5.48. The summed E-state index contributed by atoms with van der Waals surface area (Å²) in [5.41, 5.74) is 1.57. The molecular formula is C24H26F2N6O2. The largest absolute Gasteiger partial charge is 0.484 e. The summed E-state index contributed by atoms with van der Waals surface area (Å²) in [6, 6.07) is 14.0. The highest BCUT2D eigenvalue weighted by Crippen LogP contribution is 2.31. The molecule has 0 fully saturated rings. The molecule has 8 nitrogen and oxygen atoms in total. The van der Waals surface area contributed by atoms with Crippen molar-refractivity contribution in [1.29, 1.82) is 0 Å². The molecule has 0 spiro atoms. The van der Waals surface area contributed by atoms with E-state index in [1.807, 2.05) is 56.3 Å². The average molecular weight is 469 g/mol. The van der Waals surface area contributed by atoms with Crippen LogP contribution in [0.4, 0.5) is 8.78 Å². The number of aryl methyl sites for hydroxylation is 1. The lowest BCUT2D eigenvalue weighted by molar-refractivity contribution is -0.145. The second-order valence-corrected chi connectivity index (χ2v) is 8.61. The van der Waals surface area contributed by atoms with E-state index in [1.54, 1.807) is 34.9 Å². The van der Waals surface area contributed by atoms with Gasteiger partial charge in [-0.05, 0) is 29.7 Å². The monoisotopic (exact) mass is 468 g/mol. The van der Waals surface area contributed by atoms with Crippen molar-refractivity contribution in [2.45, 2.75) is 38.8 Å². The Morgan fingerprint density at radius 1 is 1.15 bits per heavy atom. The van der Waals surface area contributed by atoms with Crippen LogP contribution in [0.2, 0.25) is 0 Å². The Morgan fingerprint density at radius 2 is 1.88 bits per heavy atom. The normalized spacial score (nSPS) is 13.7. The smallest absolute Gasteiger partial charge is 0.321 e. The Balaban J connectivity index is 1.68. The van der Waals surface area contributed by atoms with E-state index in [0.29, 0.717) is 18.5 Å². The predicted octanol–water partition coefficient (Wildman–Crippen LogP) is 4.07. The van der Waals surface area contributed by atoms with Crippen LogP contribution in [0.15, 0.2) is 60.9 Å². The number of nitrogens with zero attached hydrogens (tertiary/aromatic N) is 5. The van der Waals surface area contributed by atoms with Crippen LogP contribution in [0.1, 0.15) is 32.4 Å². The predicted molar refractivity (Wildman–Crippen MR) is 123 cm³/mol. The summed E-state index contributed by atoms with van der Waals surface area (Å²) in [5, 5.41) is 15.7. The maximum Gasteiger partial charge on any atom is 0.321 e. The molecule has 0 aliphatic carbocycles. The van der Waals surface area contributed by atoms with Crippen LogP contribution in [0.3, 0.4) is 0 Å². The highest BCUT2D eigenvalue weighted by atomic mass is 19.3. The lowest BCUT2D eigenvalue weighted by Gasteiger charge is -2.32. The fourth-order valence-electron chi connectivity index (χ4n) is 3.71. The zero-order valence-electron chi connectivity index (χ0n) is 19.3. The highest BCUT2D eigenvalue weighted by Gasteiger charge is 2.37. The summed E-state index contributed by atoms with van der Waals surface area (Å²) in [6.07, 6.45) is 2.75. The van der Waals surface area contributed by atoms with Gasteiger partial charge in [0.25, 0.3) is 5.91 Å². The topological polar surface area (TPSA) is 86.9 Å². The first-order valence-electron chi connectivity index (χ1n) is 10.9. The minimum absolute atomic E-state index is 0.181. The van der Waals surface area contributed by atoms with Gasteiger partial charge in [0.2, 0.25) is 0 Å². The third-order valence-corrected chi connectivity index (χ3v) is 5.48. The van der Waals surface area contributed by atoms with E-state index in [0.717, 1.165) is 16.5 Å². The Bertz CT molecular complexity index is 1280. The van der Waals surface area contributed by atoms with Crippen molar-refractivity contribution >= 4 is 16.8 Å². The average Bonchev–Trinajstić information content (AvgIpc) is 3.41. The van der Waals surface area contributed by atoms with Crippen LogP contribution < -0.4 is 10.1 Å². The van der Waals surface area contributed by atoms with Crippen LogP contribution in [0, 0.1) is 5.92 Å². The number of hydrogen-bond acceptors (Lipinski definition) is 5. The molecule has 0 unspecified atom stereocenters. The molecule has 4 aromatic rings. The molecule has 0 aliphatic heterocycles. The van der Waals surface area contributed by atoms with Crippen LogP contribution in [-0.2, 0) is 11.8 Å². The molecule has 2 atom stereocenters. The van der Waals surface area contributed by atoms with Crippen LogP contribution in [-0.4, -0.2) is 42.6 Å². The van der Waals surface area contributed by atoms with E-state index in [4.69, 9.17) is 4.74 Å². The fraction of sp³-hybridized carbons (Fsp3) is 0.333. The summed E-state index contributed by atoms with van der Waals surface area (Å²) >= 11 is 0. The molecule has 4 rings (SSSR count). The maximum absolute atomic E-state index is 13.7. The summed E-state index contributed by atoms with van der Waals surface area (Å²) in [4.78, 5) is 12.1. The lowest BCUT2D eigenvalue weighted by Crippen LogP contribution is -2.49. The van der Waals surface area contributed by atoms with Crippen molar-refractivity contribution < 1.29 is 18.3 Å². The molecule has 10 heteroatoms. The summed E-state index contributed by atoms with van der Waals surface area (Å²) < 4.78 is 36.9. The lowest BCUT2D eigenvalue weighted by atomic mass is 9.92. The molecule has 2 aromatic carbocycles. The number of rotatable bonds is 8. The molecule has 2 heterocycles. The van der Waals surface area contributed by atoms with Gasteiger partial charge >= 0.3 is 5.92 Å². The number of carbonyl (C=O) groups is 1. The molecule has 0 bridgehead atoms. The molecule has 0 aliphatic rings. The van der Waals surface area contributed by atoms with Gasteiger partial charge in [0, 0.05) is 19.4 Å². The Hall–Kier alpha value is -3.82. The minimum Gasteiger partial charge on any atom is -0.484 e. The Morgan fingerprint density at radius 3 is 2.50 bits per heavy atom. The number of nitrogens with one attached hydrogen (secondary N) is 1. The number of aromatic nitrogens is 5.